The maximum Gasteiger partial charge on any atom is 0.266 e. The number of benzene rings is 3. The molecular weight excluding hydrogens is 369 g/mol. The number of nitrogens with one attached hydrogen (secondary N) is 1. The van der Waals surface area contributed by atoms with Crippen molar-refractivity contribution >= 4 is 40.6 Å². The molecule has 0 bridgehead atoms. The average Bonchev–Trinajstić information content (AvgIpc) is 3.26. The van der Waals surface area contributed by atoms with Crippen LogP contribution in [0.25, 0.3) is 23.1 Å². The molecule has 0 fully saturated rings. The largest absolute Gasteiger partial charge is 0.277 e. The van der Waals surface area contributed by atoms with E-state index in [1.165, 1.54) is 18.2 Å². The number of anilines is 1. The molecule has 5 nitrogen and oxygen atoms in total. The van der Waals surface area contributed by atoms with Crippen molar-refractivity contribution in [2.24, 2.45) is 0 Å². The Morgan fingerprint density at radius 1 is 0.862 bits per heavy atom. The summed E-state index contributed by atoms with van der Waals surface area (Å²) in [7, 11) is 0. The van der Waals surface area contributed by atoms with Gasteiger partial charge in [0, 0.05) is 10.9 Å². The smallest absolute Gasteiger partial charge is 0.266 e. The molecule has 0 saturated carbocycles. The number of amides is 2. The summed E-state index contributed by atoms with van der Waals surface area (Å²) in [5.41, 5.74) is 2.98. The van der Waals surface area contributed by atoms with Gasteiger partial charge in [-0.1, -0.05) is 36.4 Å². The van der Waals surface area contributed by atoms with Gasteiger partial charge in [-0.05, 0) is 42.5 Å². The van der Waals surface area contributed by atoms with E-state index in [2.05, 4.69) is 10.2 Å². The van der Waals surface area contributed by atoms with Crippen molar-refractivity contribution in [2.75, 3.05) is 4.90 Å². The molecule has 1 aliphatic heterocycles. The number of carbonyl (C=O) groups is 2. The monoisotopic (exact) mass is 383 g/mol. The van der Waals surface area contributed by atoms with Crippen LogP contribution < -0.4 is 4.90 Å². The summed E-state index contributed by atoms with van der Waals surface area (Å²) in [4.78, 5) is 26.7. The van der Waals surface area contributed by atoms with Gasteiger partial charge < -0.3 is 0 Å². The van der Waals surface area contributed by atoms with Crippen LogP contribution in [0.4, 0.5) is 10.1 Å². The van der Waals surface area contributed by atoms with Gasteiger partial charge in [0.05, 0.1) is 28.0 Å². The number of carbonyl (C=O) groups excluding carboxylic acids is 2. The predicted octanol–water partition coefficient (Wildman–Crippen LogP) is 4.67. The molecular formula is C23H14FN3O2. The van der Waals surface area contributed by atoms with Crippen LogP contribution in [-0.2, 0) is 0 Å². The first-order chi connectivity index (χ1) is 14.1. The van der Waals surface area contributed by atoms with Gasteiger partial charge >= 0.3 is 0 Å². The zero-order valence-corrected chi connectivity index (χ0v) is 15.1. The third-order valence-electron chi connectivity index (χ3n) is 4.95. The Labute approximate surface area is 165 Å². The molecule has 1 aromatic heterocycles. The van der Waals surface area contributed by atoms with Crippen LogP contribution in [0.5, 0.6) is 0 Å². The summed E-state index contributed by atoms with van der Waals surface area (Å²) in [6, 6.07) is 18.3. The van der Waals surface area contributed by atoms with E-state index in [9.17, 15) is 14.0 Å². The van der Waals surface area contributed by atoms with Gasteiger partial charge in [-0.15, -0.1) is 0 Å². The molecule has 2 amide bonds. The first kappa shape index (κ1) is 17.1. The number of rotatable bonds is 3. The van der Waals surface area contributed by atoms with Gasteiger partial charge in [0.15, 0.2) is 0 Å². The van der Waals surface area contributed by atoms with E-state index in [4.69, 9.17) is 0 Å². The van der Waals surface area contributed by atoms with Crippen LogP contribution in [0.2, 0.25) is 0 Å². The highest BCUT2D eigenvalue weighted by Gasteiger charge is 2.37. The molecule has 29 heavy (non-hydrogen) atoms. The first-order valence-electron chi connectivity index (χ1n) is 9.02. The summed E-state index contributed by atoms with van der Waals surface area (Å²) < 4.78 is 14.0. The van der Waals surface area contributed by atoms with Crippen LogP contribution in [0.15, 0.2) is 66.7 Å². The second kappa shape index (κ2) is 6.53. The molecule has 0 unspecified atom stereocenters. The molecule has 6 heteroatoms. The number of nitrogens with zero attached hydrogens (tertiary/aromatic N) is 2. The van der Waals surface area contributed by atoms with E-state index in [1.54, 1.807) is 36.4 Å². The number of aromatic nitrogens is 2. The van der Waals surface area contributed by atoms with Crippen LogP contribution in [0.3, 0.4) is 0 Å². The number of H-pyrrole nitrogens is 1. The Kier molecular flexibility index (Phi) is 3.84. The standard InChI is InChI=1S/C23H14FN3O2/c24-15-10-12-21(27-22(28)16-5-1-2-6-17(16)23(27)29)14(13-15)9-11-20-18-7-3-4-8-19(18)25-26-20/h1-13H,(H,25,26). The Balaban J connectivity index is 1.58. The summed E-state index contributed by atoms with van der Waals surface area (Å²) in [6.07, 6.45) is 3.39. The molecule has 3 aromatic carbocycles. The molecule has 5 rings (SSSR count). The topological polar surface area (TPSA) is 66.1 Å². The van der Waals surface area contributed by atoms with Gasteiger partial charge in [-0.3, -0.25) is 14.7 Å². The van der Waals surface area contributed by atoms with Gasteiger partial charge in [-0.2, -0.15) is 5.10 Å². The molecule has 0 atom stereocenters. The van der Waals surface area contributed by atoms with Gasteiger partial charge in [-0.25, -0.2) is 9.29 Å². The van der Waals surface area contributed by atoms with Crippen LogP contribution >= 0.6 is 0 Å². The Morgan fingerprint density at radius 3 is 2.31 bits per heavy atom. The molecule has 1 N–H and O–H groups in total. The van der Waals surface area contributed by atoms with Gasteiger partial charge in [0.1, 0.15) is 5.82 Å². The third kappa shape index (κ3) is 2.73. The third-order valence-corrected chi connectivity index (χ3v) is 4.95. The lowest BCUT2D eigenvalue weighted by Crippen LogP contribution is -2.30. The SMILES string of the molecule is O=C1c2ccccc2C(=O)N1c1ccc(F)cc1C=Cc1n[nH]c2ccccc12. The number of halogens is 1. The Bertz CT molecular complexity index is 1290. The number of imide groups is 1. The molecule has 1 aliphatic rings. The fourth-order valence-electron chi connectivity index (χ4n) is 3.55. The molecule has 2 heterocycles. The lowest BCUT2D eigenvalue weighted by molar-refractivity contribution is 0.0926. The lowest BCUT2D eigenvalue weighted by Gasteiger charge is -2.16. The highest BCUT2D eigenvalue weighted by atomic mass is 19.1. The minimum Gasteiger partial charge on any atom is -0.277 e. The number of fused-ring (bicyclic) bond motifs is 2. The molecule has 0 radical (unpaired) electrons. The van der Waals surface area contributed by atoms with Crippen molar-refractivity contribution < 1.29 is 14.0 Å². The maximum absolute atomic E-state index is 14.0. The minimum absolute atomic E-state index is 0.327. The van der Waals surface area contributed by atoms with E-state index in [1.807, 2.05) is 24.3 Å². The highest BCUT2D eigenvalue weighted by Crippen LogP contribution is 2.32. The minimum atomic E-state index is -0.461. The number of aromatic amines is 1. The lowest BCUT2D eigenvalue weighted by atomic mass is 10.1. The zero-order chi connectivity index (χ0) is 20.0. The normalized spacial score (nSPS) is 13.6. The predicted molar refractivity (Wildman–Crippen MR) is 109 cm³/mol. The molecule has 4 aromatic rings. The quantitative estimate of drug-likeness (QED) is 0.523. The zero-order valence-electron chi connectivity index (χ0n) is 15.1. The second-order valence-corrected chi connectivity index (χ2v) is 6.68. The first-order valence-corrected chi connectivity index (χ1v) is 9.02. The van der Waals surface area contributed by atoms with Crippen LogP contribution in [0.1, 0.15) is 32.0 Å². The van der Waals surface area contributed by atoms with Crippen molar-refractivity contribution in [3.8, 4) is 0 Å². The van der Waals surface area contributed by atoms with E-state index >= 15 is 0 Å². The molecule has 140 valence electrons. The van der Waals surface area contributed by atoms with Crippen molar-refractivity contribution in [2.45, 2.75) is 0 Å². The highest BCUT2D eigenvalue weighted by molar-refractivity contribution is 6.34. The fraction of sp³-hybridized carbons (Fsp3) is 0. The molecule has 0 saturated heterocycles. The van der Waals surface area contributed by atoms with E-state index < -0.39 is 17.6 Å². The van der Waals surface area contributed by atoms with Crippen molar-refractivity contribution in [1.82, 2.24) is 10.2 Å². The number of para-hydroxylation sites is 1. The second-order valence-electron chi connectivity index (χ2n) is 6.68. The molecule has 0 spiro atoms. The van der Waals surface area contributed by atoms with Crippen molar-refractivity contribution in [1.29, 1.82) is 0 Å². The fourth-order valence-corrected chi connectivity index (χ4v) is 3.55. The summed E-state index contributed by atoms with van der Waals surface area (Å²) >= 11 is 0. The molecule has 0 aliphatic carbocycles. The average molecular weight is 383 g/mol. The maximum atomic E-state index is 14.0. The van der Waals surface area contributed by atoms with Crippen molar-refractivity contribution in [3.05, 3.63) is 94.9 Å². The van der Waals surface area contributed by atoms with Gasteiger partial charge in [0.25, 0.3) is 11.8 Å². The Hall–Kier alpha value is -4.06. The number of hydrogen-bond donors (Lipinski definition) is 1. The summed E-state index contributed by atoms with van der Waals surface area (Å²) in [6.45, 7) is 0. The number of hydrogen-bond acceptors (Lipinski definition) is 3. The summed E-state index contributed by atoms with van der Waals surface area (Å²) in [5.74, 6) is -1.30. The van der Waals surface area contributed by atoms with Crippen LogP contribution in [0, 0.1) is 5.82 Å². The van der Waals surface area contributed by atoms with Crippen molar-refractivity contribution in [3.63, 3.8) is 0 Å². The van der Waals surface area contributed by atoms with E-state index in [-0.39, 0.29) is 0 Å². The van der Waals surface area contributed by atoms with E-state index in [0.717, 1.165) is 15.8 Å². The Morgan fingerprint density at radius 2 is 1.55 bits per heavy atom. The van der Waals surface area contributed by atoms with E-state index in [0.29, 0.717) is 28.1 Å². The van der Waals surface area contributed by atoms with Crippen LogP contribution in [-0.4, -0.2) is 22.0 Å². The van der Waals surface area contributed by atoms with Gasteiger partial charge in [0.2, 0.25) is 0 Å². The summed E-state index contributed by atoms with van der Waals surface area (Å²) in [5, 5.41) is 8.13.